The highest BCUT2D eigenvalue weighted by Crippen LogP contribution is 2.30. The number of anilines is 1. The third kappa shape index (κ3) is 4.57. The lowest BCUT2D eigenvalue weighted by Crippen LogP contribution is -2.39. The van der Waals surface area contributed by atoms with E-state index < -0.39 is 0 Å². The Hall–Kier alpha value is -3.06. The minimum absolute atomic E-state index is 0.0316. The van der Waals surface area contributed by atoms with Gasteiger partial charge in [0.25, 0.3) is 5.91 Å². The molecule has 2 N–H and O–H groups in total. The molecular formula is C23H27N3O4. The van der Waals surface area contributed by atoms with Crippen molar-refractivity contribution in [2.45, 2.75) is 31.9 Å². The van der Waals surface area contributed by atoms with Crippen LogP contribution in [0.15, 0.2) is 42.5 Å². The maximum absolute atomic E-state index is 13.0. The van der Waals surface area contributed by atoms with Crippen LogP contribution >= 0.6 is 0 Å². The lowest BCUT2D eigenvalue weighted by atomic mass is 10.1. The van der Waals surface area contributed by atoms with Crippen LogP contribution in [0.4, 0.5) is 10.5 Å². The molecule has 7 nitrogen and oxygen atoms in total. The van der Waals surface area contributed by atoms with Gasteiger partial charge in [0, 0.05) is 37.5 Å². The summed E-state index contributed by atoms with van der Waals surface area (Å²) in [6, 6.07) is 13.0. The maximum Gasteiger partial charge on any atom is 0.315 e. The molecular weight excluding hydrogens is 382 g/mol. The SMILES string of the molecule is COc1ccc(C(=O)N2CCc3ccc(CNC(=O)NC[C@@H]4CCCO4)cc32)cc1. The average molecular weight is 409 g/mol. The van der Waals surface area contributed by atoms with Crippen molar-refractivity contribution in [3.05, 3.63) is 59.2 Å². The van der Waals surface area contributed by atoms with Gasteiger partial charge in [0.15, 0.2) is 0 Å². The summed E-state index contributed by atoms with van der Waals surface area (Å²) in [6.07, 6.45) is 2.98. The summed E-state index contributed by atoms with van der Waals surface area (Å²) in [7, 11) is 1.60. The van der Waals surface area contributed by atoms with E-state index in [9.17, 15) is 9.59 Å². The van der Waals surface area contributed by atoms with Crippen molar-refractivity contribution in [1.82, 2.24) is 10.6 Å². The lowest BCUT2D eigenvalue weighted by Gasteiger charge is -2.18. The number of urea groups is 1. The Morgan fingerprint density at radius 1 is 1.17 bits per heavy atom. The summed E-state index contributed by atoms with van der Waals surface area (Å²) in [5.41, 5.74) is 3.63. The fourth-order valence-corrected chi connectivity index (χ4v) is 3.89. The first kappa shape index (κ1) is 20.2. The van der Waals surface area contributed by atoms with E-state index in [1.165, 1.54) is 0 Å². The molecule has 4 rings (SSSR count). The molecule has 2 aromatic carbocycles. The molecule has 0 bridgehead atoms. The number of ether oxygens (including phenoxy) is 2. The Morgan fingerprint density at radius 2 is 2.00 bits per heavy atom. The molecule has 3 amide bonds. The Kier molecular flexibility index (Phi) is 6.18. The van der Waals surface area contributed by atoms with Crippen LogP contribution in [-0.4, -0.2) is 44.8 Å². The van der Waals surface area contributed by atoms with E-state index in [4.69, 9.17) is 9.47 Å². The van der Waals surface area contributed by atoms with Gasteiger partial charge in [-0.25, -0.2) is 4.79 Å². The summed E-state index contributed by atoms with van der Waals surface area (Å²) >= 11 is 0. The molecule has 1 saturated heterocycles. The molecule has 0 aliphatic carbocycles. The number of hydrogen-bond donors (Lipinski definition) is 2. The van der Waals surface area contributed by atoms with Crippen LogP contribution in [0.5, 0.6) is 5.75 Å². The van der Waals surface area contributed by atoms with Gasteiger partial charge in [-0.2, -0.15) is 0 Å². The fourth-order valence-electron chi connectivity index (χ4n) is 3.89. The van der Waals surface area contributed by atoms with Gasteiger partial charge in [0.05, 0.1) is 13.2 Å². The molecule has 2 aliphatic rings. The Morgan fingerprint density at radius 3 is 2.73 bits per heavy atom. The third-order valence-corrected chi connectivity index (χ3v) is 5.59. The number of nitrogens with zero attached hydrogens (tertiary/aromatic N) is 1. The van der Waals surface area contributed by atoms with E-state index in [1.807, 2.05) is 18.2 Å². The standard InChI is InChI=1S/C23H27N3O4/c1-29-19-8-6-18(7-9-19)22(27)26-11-10-17-5-4-16(13-21(17)26)14-24-23(28)25-15-20-3-2-12-30-20/h4-9,13,20H,2-3,10-12,14-15H2,1H3,(H2,24,25,28)/t20-/m0/s1. The number of hydrogen-bond acceptors (Lipinski definition) is 4. The van der Waals surface area contributed by atoms with Crippen molar-refractivity contribution in [3.63, 3.8) is 0 Å². The summed E-state index contributed by atoms with van der Waals surface area (Å²) < 4.78 is 10.7. The highest BCUT2D eigenvalue weighted by molar-refractivity contribution is 6.07. The van der Waals surface area contributed by atoms with Crippen molar-refractivity contribution in [3.8, 4) is 5.75 Å². The highest BCUT2D eigenvalue weighted by atomic mass is 16.5. The number of carbonyl (C=O) groups excluding carboxylic acids is 2. The smallest absolute Gasteiger partial charge is 0.315 e. The Balaban J connectivity index is 1.37. The number of fused-ring (bicyclic) bond motifs is 1. The molecule has 30 heavy (non-hydrogen) atoms. The second-order valence-electron chi connectivity index (χ2n) is 7.60. The van der Waals surface area contributed by atoms with Gasteiger partial charge in [-0.1, -0.05) is 12.1 Å². The zero-order valence-corrected chi connectivity index (χ0v) is 17.1. The number of rotatable bonds is 6. The van der Waals surface area contributed by atoms with Crippen LogP contribution in [0, 0.1) is 0 Å². The van der Waals surface area contributed by atoms with E-state index in [0.29, 0.717) is 25.2 Å². The Bertz CT molecular complexity index is 907. The zero-order valence-electron chi connectivity index (χ0n) is 17.1. The van der Waals surface area contributed by atoms with Crippen LogP contribution in [0.1, 0.15) is 34.3 Å². The monoisotopic (exact) mass is 409 g/mol. The quantitative estimate of drug-likeness (QED) is 0.769. The largest absolute Gasteiger partial charge is 0.497 e. The molecule has 7 heteroatoms. The van der Waals surface area contributed by atoms with E-state index in [2.05, 4.69) is 10.6 Å². The van der Waals surface area contributed by atoms with Crippen molar-refractivity contribution in [2.75, 3.05) is 31.7 Å². The molecule has 1 fully saturated rings. The summed E-state index contributed by atoms with van der Waals surface area (Å²) in [4.78, 5) is 26.9. The molecule has 0 saturated carbocycles. The maximum atomic E-state index is 13.0. The predicted octanol–water partition coefficient (Wildman–Crippen LogP) is 2.88. The number of nitrogens with one attached hydrogen (secondary N) is 2. The topological polar surface area (TPSA) is 79.9 Å². The van der Waals surface area contributed by atoms with Crippen LogP contribution < -0.4 is 20.3 Å². The number of amides is 3. The first-order valence-corrected chi connectivity index (χ1v) is 10.3. The van der Waals surface area contributed by atoms with Crippen molar-refractivity contribution >= 4 is 17.6 Å². The van der Waals surface area contributed by atoms with Gasteiger partial charge in [-0.05, 0) is 60.7 Å². The van der Waals surface area contributed by atoms with E-state index in [-0.39, 0.29) is 18.0 Å². The van der Waals surface area contributed by atoms with Crippen LogP contribution in [0.3, 0.4) is 0 Å². The van der Waals surface area contributed by atoms with Crippen molar-refractivity contribution < 1.29 is 19.1 Å². The molecule has 0 unspecified atom stereocenters. The van der Waals surface area contributed by atoms with Crippen LogP contribution in [-0.2, 0) is 17.7 Å². The highest BCUT2D eigenvalue weighted by Gasteiger charge is 2.26. The first-order valence-electron chi connectivity index (χ1n) is 10.3. The normalized spacial score (nSPS) is 17.5. The lowest BCUT2D eigenvalue weighted by molar-refractivity contribution is 0.0989. The summed E-state index contributed by atoms with van der Waals surface area (Å²) in [5, 5.41) is 5.73. The molecule has 2 aliphatic heterocycles. The van der Waals surface area contributed by atoms with Crippen LogP contribution in [0.25, 0.3) is 0 Å². The molecule has 2 aromatic rings. The molecule has 1 atom stereocenters. The van der Waals surface area contributed by atoms with Crippen molar-refractivity contribution in [1.29, 1.82) is 0 Å². The van der Waals surface area contributed by atoms with Gasteiger partial charge in [-0.3, -0.25) is 4.79 Å². The minimum atomic E-state index is -0.211. The minimum Gasteiger partial charge on any atom is -0.497 e. The first-order chi connectivity index (χ1) is 14.6. The summed E-state index contributed by atoms with van der Waals surface area (Å²) in [5.74, 6) is 0.690. The fraction of sp³-hybridized carbons (Fsp3) is 0.391. The third-order valence-electron chi connectivity index (χ3n) is 5.59. The Labute approximate surface area is 176 Å². The van der Waals surface area contributed by atoms with Gasteiger partial charge in [0.2, 0.25) is 0 Å². The van der Waals surface area contributed by atoms with Gasteiger partial charge in [-0.15, -0.1) is 0 Å². The number of methoxy groups -OCH3 is 1. The van der Waals surface area contributed by atoms with E-state index >= 15 is 0 Å². The molecule has 0 spiro atoms. The van der Waals surface area contributed by atoms with Gasteiger partial charge >= 0.3 is 6.03 Å². The second kappa shape index (κ2) is 9.17. The second-order valence-corrected chi connectivity index (χ2v) is 7.60. The van der Waals surface area contributed by atoms with Crippen molar-refractivity contribution in [2.24, 2.45) is 0 Å². The molecule has 158 valence electrons. The number of benzene rings is 2. The molecule has 0 aromatic heterocycles. The molecule has 0 radical (unpaired) electrons. The number of carbonyl (C=O) groups is 2. The van der Waals surface area contributed by atoms with Crippen LogP contribution in [0.2, 0.25) is 0 Å². The average Bonchev–Trinajstić information content (AvgIpc) is 3.45. The molecule has 2 heterocycles. The predicted molar refractivity (Wildman–Crippen MR) is 114 cm³/mol. The zero-order chi connectivity index (χ0) is 20.9. The van der Waals surface area contributed by atoms with E-state index in [0.717, 1.165) is 48.4 Å². The van der Waals surface area contributed by atoms with Gasteiger partial charge < -0.3 is 25.0 Å². The van der Waals surface area contributed by atoms with Gasteiger partial charge in [0.1, 0.15) is 5.75 Å². The summed E-state index contributed by atoms with van der Waals surface area (Å²) in [6.45, 7) is 2.35. The van der Waals surface area contributed by atoms with E-state index in [1.54, 1.807) is 36.3 Å².